The molecule has 0 bridgehead atoms. The molecule has 0 aliphatic rings. The number of carbonyl (C=O) groups excluding carboxylic acids is 2. The average Bonchev–Trinajstić information content (AvgIpc) is 3.27. The number of amides is 2. The Labute approximate surface area is 335 Å². The second-order valence-electron chi connectivity index (χ2n) is 14.0. The largest absolute Gasteiger partial charge is 0.326 e. The van der Waals surface area contributed by atoms with Crippen molar-refractivity contribution in [3.63, 3.8) is 0 Å². The normalized spacial score (nSPS) is 11.0. The Bertz CT molecular complexity index is 2700. The summed E-state index contributed by atoms with van der Waals surface area (Å²) in [4.78, 5) is 46.0. The van der Waals surface area contributed by atoms with Crippen LogP contribution in [0, 0.1) is 0 Å². The molecule has 278 valence electrons. The lowest BCUT2D eigenvalue weighted by molar-refractivity contribution is -0.116. The molecule has 0 aliphatic carbocycles. The minimum Gasteiger partial charge on any atom is -0.326 e. The summed E-state index contributed by atoms with van der Waals surface area (Å²) >= 11 is 0. The highest BCUT2D eigenvalue weighted by Gasteiger charge is 2.16. The highest BCUT2D eigenvalue weighted by atomic mass is 16.2. The smallest absolute Gasteiger partial charge is 0.228 e. The lowest BCUT2D eigenvalue weighted by Crippen LogP contribution is -2.14. The third-order valence-corrected chi connectivity index (χ3v) is 9.87. The lowest BCUT2D eigenvalue weighted by Gasteiger charge is -2.13. The van der Waals surface area contributed by atoms with E-state index in [1.807, 2.05) is 182 Å². The molecule has 0 saturated carbocycles. The van der Waals surface area contributed by atoms with E-state index in [1.165, 1.54) is 0 Å². The van der Waals surface area contributed by atoms with Gasteiger partial charge in [-0.25, -0.2) is 19.9 Å². The first-order chi connectivity index (χ1) is 28.5. The molecule has 0 saturated heterocycles. The summed E-state index contributed by atoms with van der Waals surface area (Å²) in [6.45, 7) is 0. The molecule has 2 heterocycles. The molecule has 0 unspecified atom stereocenters. The van der Waals surface area contributed by atoms with Crippen LogP contribution in [0.15, 0.2) is 182 Å². The molecule has 0 aliphatic heterocycles. The summed E-state index contributed by atoms with van der Waals surface area (Å²) in [5.74, 6) is 0.960. The van der Waals surface area contributed by atoms with E-state index < -0.39 is 0 Å². The number of nitrogens with zero attached hydrogens (tertiary/aromatic N) is 4. The van der Waals surface area contributed by atoms with E-state index in [1.54, 1.807) is 0 Å². The molecule has 2 aromatic heterocycles. The van der Waals surface area contributed by atoms with Crippen molar-refractivity contribution in [2.75, 3.05) is 10.6 Å². The van der Waals surface area contributed by atoms with Crippen molar-refractivity contribution in [3.05, 3.63) is 193 Å². The standard InChI is InChI=1S/C50H36N6O2/c57-45(29-33-13-5-1-6-14-33)51-39-25-27-43-41(31-39)47(35-17-9-3-10-18-35)55-49(53-43)37-21-23-38(24-22-37)50-54-44-28-26-40(52-46(58)30-34-15-7-2-8-16-34)32-42(44)48(56-50)36-19-11-4-12-20-36/h1-28,31-32H,29-30H2,(H,51,57)(H,52,58). The van der Waals surface area contributed by atoms with Crippen LogP contribution in [0.4, 0.5) is 11.4 Å². The summed E-state index contributed by atoms with van der Waals surface area (Å²) in [6.07, 6.45) is 0.563. The van der Waals surface area contributed by atoms with Crippen molar-refractivity contribution in [2.45, 2.75) is 12.8 Å². The second kappa shape index (κ2) is 16.1. The van der Waals surface area contributed by atoms with Crippen LogP contribution in [0.5, 0.6) is 0 Å². The molecule has 8 nitrogen and oxygen atoms in total. The molecule has 9 aromatic rings. The Morgan fingerprint density at radius 2 is 0.741 bits per heavy atom. The molecule has 9 rings (SSSR count). The van der Waals surface area contributed by atoms with Gasteiger partial charge in [0.1, 0.15) is 0 Å². The van der Waals surface area contributed by atoms with E-state index in [4.69, 9.17) is 19.9 Å². The third-order valence-electron chi connectivity index (χ3n) is 9.87. The van der Waals surface area contributed by atoms with Gasteiger partial charge >= 0.3 is 0 Å². The number of carbonyl (C=O) groups is 2. The van der Waals surface area contributed by atoms with Crippen molar-refractivity contribution in [1.29, 1.82) is 0 Å². The van der Waals surface area contributed by atoms with Crippen molar-refractivity contribution >= 4 is 45.0 Å². The number of rotatable bonds is 10. The number of aromatic nitrogens is 4. The maximum absolute atomic E-state index is 12.9. The predicted molar refractivity (Wildman–Crippen MR) is 232 cm³/mol. The van der Waals surface area contributed by atoms with Gasteiger partial charge in [-0.15, -0.1) is 0 Å². The summed E-state index contributed by atoms with van der Waals surface area (Å²) in [6, 6.07) is 58.8. The topological polar surface area (TPSA) is 110 Å². The van der Waals surface area contributed by atoms with E-state index in [0.717, 1.165) is 66.6 Å². The van der Waals surface area contributed by atoms with Gasteiger partial charge in [-0.1, -0.05) is 146 Å². The highest BCUT2D eigenvalue weighted by Crippen LogP contribution is 2.34. The molecule has 2 N–H and O–H groups in total. The van der Waals surface area contributed by atoms with Crippen LogP contribution in [0.2, 0.25) is 0 Å². The number of nitrogens with one attached hydrogen (secondary N) is 2. The van der Waals surface area contributed by atoms with E-state index >= 15 is 0 Å². The molecule has 8 heteroatoms. The van der Waals surface area contributed by atoms with Gasteiger partial charge in [0, 0.05) is 44.4 Å². The SMILES string of the molecule is O=C(Cc1ccccc1)Nc1ccc2nc(-c3ccc(-c4nc(-c5ccccc5)c5cc(NC(=O)Cc6ccccc6)ccc5n4)cc3)nc(-c3ccccc3)c2c1. The van der Waals surface area contributed by atoms with Crippen molar-refractivity contribution < 1.29 is 9.59 Å². The monoisotopic (exact) mass is 752 g/mol. The third kappa shape index (κ3) is 7.94. The number of hydrogen-bond donors (Lipinski definition) is 2. The molecule has 58 heavy (non-hydrogen) atoms. The molecular formula is C50H36N6O2. The predicted octanol–water partition coefficient (Wildman–Crippen LogP) is 10.6. The molecule has 0 radical (unpaired) electrons. The first-order valence-electron chi connectivity index (χ1n) is 19.1. The fraction of sp³-hybridized carbons (Fsp3) is 0.0400. The summed E-state index contributed by atoms with van der Waals surface area (Å²) < 4.78 is 0. The second-order valence-corrected chi connectivity index (χ2v) is 14.0. The van der Waals surface area contributed by atoms with E-state index in [-0.39, 0.29) is 24.7 Å². The maximum atomic E-state index is 12.9. The fourth-order valence-corrected chi connectivity index (χ4v) is 7.04. The van der Waals surface area contributed by atoms with Crippen LogP contribution in [-0.4, -0.2) is 31.8 Å². The van der Waals surface area contributed by atoms with Crippen molar-refractivity contribution in [3.8, 4) is 45.3 Å². The van der Waals surface area contributed by atoms with Crippen LogP contribution in [-0.2, 0) is 22.4 Å². The Hall–Kier alpha value is -7.84. The van der Waals surface area contributed by atoms with Gasteiger partial charge in [0.25, 0.3) is 0 Å². The summed E-state index contributed by atoms with van der Waals surface area (Å²) in [5.41, 5.74) is 9.87. The Balaban J connectivity index is 1.03. The zero-order chi connectivity index (χ0) is 39.3. The minimum atomic E-state index is -0.0940. The summed E-state index contributed by atoms with van der Waals surface area (Å²) in [7, 11) is 0. The molecule has 0 fully saturated rings. The fourth-order valence-electron chi connectivity index (χ4n) is 7.04. The van der Waals surface area contributed by atoms with Gasteiger partial charge in [0.05, 0.1) is 35.3 Å². The van der Waals surface area contributed by atoms with Gasteiger partial charge in [-0.3, -0.25) is 9.59 Å². The number of fused-ring (bicyclic) bond motifs is 2. The molecule has 0 spiro atoms. The number of benzene rings is 7. The van der Waals surface area contributed by atoms with Crippen LogP contribution in [0.1, 0.15) is 11.1 Å². The number of anilines is 2. The maximum Gasteiger partial charge on any atom is 0.228 e. The van der Waals surface area contributed by atoms with Gasteiger partial charge in [-0.05, 0) is 47.5 Å². The Morgan fingerprint density at radius 1 is 0.379 bits per heavy atom. The Morgan fingerprint density at radius 3 is 1.12 bits per heavy atom. The zero-order valence-electron chi connectivity index (χ0n) is 31.3. The average molecular weight is 753 g/mol. The minimum absolute atomic E-state index is 0.0940. The highest BCUT2D eigenvalue weighted by molar-refractivity contribution is 6.00. The van der Waals surface area contributed by atoms with Crippen LogP contribution in [0.3, 0.4) is 0 Å². The zero-order valence-corrected chi connectivity index (χ0v) is 31.3. The Kier molecular flexibility index (Phi) is 9.95. The number of hydrogen-bond acceptors (Lipinski definition) is 6. The van der Waals surface area contributed by atoms with Crippen LogP contribution >= 0.6 is 0 Å². The van der Waals surface area contributed by atoms with E-state index in [2.05, 4.69) is 10.6 Å². The van der Waals surface area contributed by atoms with Crippen molar-refractivity contribution in [1.82, 2.24) is 19.9 Å². The quantitative estimate of drug-likeness (QED) is 0.144. The lowest BCUT2D eigenvalue weighted by atomic mass is 10.0. The van der Waals surface area contributed by atoms with Crippen molar-refractivity contribution in [2.24, 2.45) is 0 Å². The van der Waals surface area contributed by atoms with E-state index in [9.17, 15) is 9.59 Å². The molecule has 7 aromatic carbocycles. The van der Waals surface area contributed by atoms with Gasteiger partial charge < -0.3 is 10.6 Å². The molecule has 0 atom stereocenters. The first-order valence-corrected chi connectivity index (χ1v) is 19.1. The molecule has 2 amide bonds. The van der Waals surface area contributed by atoms with Crippen LogP contribution < -0.4 is 10.6 Å². The summed E-state index contributed by atoms with van der Waals surface area (Å²) in [5, 5.41) is 7.77. The molecular weight excluding hydrogens is 717 g/mol. The van der Waals surface area contributed by atoms with Gasteiger partial charge in [0.15, 0.2) is 11.6 Å². The van der Waals surface area contributed by atoms with Gasteiger partial charge in [-0.2, -0.15) is 0 Å². The van der Waals surface area contributed by atoms with E-state index in [0.29, 0.717) is 23.0 Å². The van der Waals surface area contributed by atoms with Gasteiger partial charge in [0.2, 0.25) is 11.8 Å². The first kappa shape index (κ1) is 35.8. The van der Waals surface area contributed by atoms with Crippen LogP contribution in [0.25, 0.3) is 67.1 Å².